The van der Waals surface area contributed by atoms with Crippen LogP contribution in [0.4, 0.5) is 0 Å². The largest absolute Gasteiger partial charge is 0.507 e. The quantitative estimate of drug-likeness (QED) is 0.689. The monoisotopic (exact) mass is 166 g/mol. The maximum Gasteiger partial charge on any atom is 0.153 e. The van der Waals surface area contributed by atoms with Crippen LogP contribution in [0, 0.1) is 0 Å². The summed E-state index contributed by atoms with van der Waals surface area (Å²) in [4.78, 5) is 10.3. The van der Waals surface area contributed by atoms with Crippen LogP contribution in [0.2, 0.25) is 0 Å². The molecular formula is C9H10O3. The first kappa shape index (κ1) is 8.74. The number of methoxy groups -OCH3 is 1. The van der Waals surface area contributed by atoms with Crippen molar-refractivity contribution in [2.45, 2.75) is 6.61 Å². The number of hydrogen-bond acceptors (Lipinski definition) is 3. The van der Waals surface area contributed by atoms with Gasteiger partial charge in [0.05, 0.1) is 12.2 Å². The van der Waals surface area contributed by atoms with E-state index >= 15 is 0 Å². The third-order valence-corrected chi connectivity index (χ3v) is 1.53. The summed E-state index contributed by atoms with van der Waals surface area (Å²) in [6.07, 6.45) is 0.617. The summed E-state index contributed by atoms with van der Waals surface area (Å²) >= 11 is 0. The minimum Gasteiger partial charge on any atom is -0.507 e. The van der Waals surface area contributed by atoms with Gasteiger partial charge in [-0.15, -0.1) is 0 Å². The highest BCUT2D eigenvalue weighted by molar-refractivity contribution is 5.79. The highest BCUT2D eigenvalue weighted by atomic mass is 16.5. The van der Waals surface area contributed by atoms with Crippen LogP contribution in [0.15, 0.2) is 18.2 Å². The molecule has 0 unspecified atom stereocenters. The zero-order valence-electron chi connectivity index (χ0n) is 6.78. The first-order chi connectivity index (χ1) is 5.77. The van der Waals surface area contributed by atoms with Crippen LogP contribution in [0.1, 0.15) is 15.9 Å². The van der Waals surface area contributed by atoms with Crippen molar-refractivity contribution in [2.24, 2.45) is 0 Å². The number of aldehydes is 1. The SMILES string of the molecule is COCc1ccc(C=O)c(O)c1. The lowest BCUT2D eigenvalue weighted by Crippen LogP contribution is -1.88. The minimum atomic E-state index is -0.000417. The van der Waals surface area contributed by atoms with Gasteiger partial charge in [-0.2, -0.15) is 0 Å². The van der Waals surface area contributed by atoms with Gasteiger partial charge in [-0.3, -0.25) is 4.79 Å². The average molecular weight is 166 g/mol. The van der Waals surface area contributed by atoms with Crippen molar-refractivity contribution in [3.05, 3.63) is 29.3 Å². The smallest absolute Gasteiger partial charge is 0.153 e. The number of carbonyl (C=O) groups is 1. The summed E-state index contributed by atoms with van der Waals surface area (Å²) in [6, 6.07) is 4.83. The van der Waals surface area contributed by atoms with Gasteiger partial charge in [0.15, 0.2) is 6.29 Å². The van der Waals surface area contributed by atoms with Crippen LogP contribution >= 0.6 is 0 Å². The summed E-state index contributed by atoms with van der Waals surface area (Å²) in [7, 11) is 1.57. The normalized spacial score (nSPS) is 9.75. The summed E-state index contributed by atoms with van der Waals surface area (Å²) in [5.41, 5.74) is 1.15. The van der Waals surface area contributed by atoms with Gasteiger partial charge in [-0.25, -0.2) is 0 Å². The molecular weight excluding hydrogens is 156 g/mol. The Morgan fingerprint density at radius 1 is 1.58 bits per heavy atom. The van der Waals surface area contributed by atoms with Gasteiger partial charge in [0.25, 0.3) is 0 Å². The number of aromatic hydroxyl groups is 1. The Bertz CT molecular complexity index is 281. The molecule has 0 saturated carbocycles. The number of benzene rings is 1. The third kappa shape index (κ3) is 1.83. The summed E-state index contributed by atoms with van der Waals surface area (Å²) in [5.74, 6) is -0.000417. The van der Waals surface area contributed by atoms with Crippen molar-refractivity contribution in [3.63, 3.8) is 0 Å². The Kier molecular flexibility index (Phi) is 2.82. The molecule has 1 N–H and O–H groups in total. The molecule has 0 fully saturated rings. The van der Waals surface area contributed by atoms with Crippen molar-refractivity contribution >= 4 is 6.29 Å². The Morgan fingerprint density at radius 3 is 2.83 bits per heavy atom. The fraction of sp³-hybridized carbons (Fsp3) is 0.222. The first-order valence-corrected chi connectivity index (χ1v) is 3.54. The lowest BCUT2D eigenvalue weighted by molar-refractivity contribution is 0.112. The number of phenols is 1. The van der Waals surface area contributed by atoms with Crippen molar-refractivity contribution in [2.75, 3.05) is 7.11 Å². The molecule has 12 heavy (non-hydrogen) atoms. The van der Waals surface area contributed by atoms with Gasteiger partial charge >= 0.3 is 0 Å². The number of phenolic OH excluding ortho intramolecular Hbond substituents is 1. The fourth-order valence-corrected chi connectivity index (χ4v) is 0.945. The topological polar surface area (TPSA) is 46.5 Å². The second-order valence-electron chi connectivity index (χ2n) is 2.44. The Balaban J connectivity index is 2.93. The molecule has 0 aliphatic rings. The molecule has 64 valence electrons. The maximum absolute atomic E-state index is 10.3. The molecule has 0 aliphatic carbocycles. The van der Waals surface area contributed by atoms with Crippen molar-refractivity contribution in [3.8, 4) is 5.75 Å². The van der Waals surface area contributed by atoms with Crippen LogP contribution in [0.3, 0.4) is 0 Å². The van der Waals surface area contributed by atoms with Gasteiger partial charge < -0.3 is 9.84 Å². The van der Waals surface area contributed by atoms with E-state index in [9.17, 15) is 9.90 Å². The predicted octanol–water partition coefficient (Wildman–Crippen LogP) is 1.35. The fourth-order valence-electron chi connectivity index (χ4n) is 0.945. The van der Waals surface area contributed by atoms with Crippen molar-refractivity contribution in [1.29, 1.82) is 0 Å². The predicted molar refractivity (Wildman–Crippen MR) is 44.2 cm³/mol. The van der Waals surface area contributed by atoms with E-state index in [4.69, 9.17) is 4.74 Å². The number of hydrogen-bond donors (Lipinski definition) is 1. The molecule has 0 amide bonds. The van der Waals surface area contributed by atoms with Crippen LogP contribution in [-0.4, -0.2) is 18.5 Å². The van der Waals surface area contributed by atoms with Gasteiger partial charge in [0.1, 0.15) is 5.75 Å². The number of rotatable bonds is 3. The molecule has 3 nitrogen and oxygen atoms in total. The summed E-state index contributed by atoms with van der Waals surface area (Å²) < 4.78 is 4.86. The van der Waals surface area contributed by atoms with E-state index < -0.39 is 0 Å². The van der Waals surface area contributed by atoms with Gasteiger partial charge in [-0.1, -0.05) is 6.07 Å². The van der Waals surface area contributed by atoms with E-state index in [0.29, 0.717) is 18.5 Å². The molecule has 0 bridgehead atoms. The number of carbonyl (C=O) groups excluding carboxylic acids is 1. The van der Waals surface area contributed by atoms with E-state index in [1.807, 2.05) is 0 Å². The summed E-state index contributed by atoms with van der Waals surface area (Å²) in [5, 5.41) is 9.23. The standard InChI is InChI=1S/C9H10O3/c1-12-6-7-2-3-8(5-10)9(11)4-7/h2-5,11H,6H2,1H3. The molecule has 1 aromatic carbocycles. The zero-order chi connectivity index (χ0) is 8.97. The molecule has 0 radical (unpaired) electrons. The molecule has 1 rings (SSSR count). The van der Waals surface area contributed by atoms with Crippen LogP contribution < -0.4 is 0 Å². The second-order valence-corrected chi connectivity index (χ2v) is 2.44. The highest BCUT2D eigenvalue weighted by Crippen LogP contribution is 2.16. The maximum atomic E-state index is 10.3. The molecule has 0 heterocycles. The Labute approximate surface area is 70.6 Å². The highest BCUT2D eigenvalue weighted by Gasteiger charge is 2.00. The molecule has 0 spiro atoms. The van der Waals surface area contributed by atoms with E-state index in [2.05, 4.69) is 0 Å². The van der Waals surface area contributed by atoms with Crippen molar-refractivity contribution < 1.29 is 14.6 Å². The summed E-state index contributed by atoms with van der Waals surface area (Å²) in [6.45, 7) is 0.437. The van der Waals surface area contributed by atoms with Crippen LogP contribution in [0.25, 0.3) is 0 Å². The van der Waals surface area contributed by atoms with Crippen LogP contribution in [0.5, 0.6) is 5.75 Å². The van der Waals surface area contributed by atoms with Gasteiger partial charge in [0, 0.05) is 7.11 Å². The second kappa shape index (κ2) is 3.88. The average Bonchev–Trinajstić information content (AvgIpc) is 2.05. The lowest BCUT2D eigenvalue weighted by Gasteiger charge is -2.01. The third-order valence-electron chi connectivity index (χ3n) is 1.53. The Morgan fingerprint density at radius 2 is 2.33 bits per heavy atom. The Hall–Kier alpha value is -1.35. The molecule has 0 saturated heterocycles. The first-order valence-electron chi connectivity index (χ1n) is 3.54. The molecule has 0 aromatic heterocycles. The molecule has 0 aliphatic heterocycles. The molecule has 3 heteroatoms. The molecule has 1 aromatic rings. The van der Waals surface area contributed by atoms with E-state index in [-0.39, 0.29) is 5.75 Å². The minimum absolute atomic E-state index is 0.000417. The van der Waals surface area contributed by atoms with E-state index in [1.165, 1.54) is 6.07 Å². The molecule has 0 atom stereocenters. The van der Waals surface area contributed by atoms with Gasteiger partial charge in [0.2, 0.25) is 0 Å². The van der Waals surface area contributed by atoms with E-state index in [0.717, 1.165) is 5.56 Å². The van der Waals surface area contributed by atoms with Crippen molar-refractivity contribution in [1.82, 2.24) is 0 Å². The number of ether oxygens (including phenoxy) is 1. The van der Waals surface area contributed by atoms with Crippen LogP contribution in [-0.2, 0) is 11.3 Å². The lowest BCUT2D eigenvalue weighted by atomic mass is 10.1. The zero-order valence-corrected chi connectivity index (χ0v) is 6.78. The van der Waals surface area contributed by atoms with Gasteiger partial charge in [-0.05, 0) is 17.7 Å². The van der Waals surface area contributed by atoms with E-state index in [1.54, 1.807) is 19.2 Å².